The Morgan fingerprint density at radius 2 is 2.00 bits per heavy atom. The van der Waals surface area contributed by atoms with Crippen molar-refractivity contribution in [3.05, 3.63) is 70.8 Å². The molecule has 0 spiro atoms. The van der Waals surface area contributed by atoms with Crippen molar-refractivity contribution >= 4 is 23.8 Å². The zero-order valence-corrected chi connectivity index (χ0v) is 15.9. The molecule has 0 radical (unpaired) electrons. The molecule has 1 heterocycles. The van der Waals surface area contributed by atoms with Crippen molar-refractivity contribution < 1.29 is 14.3 Å². The molecule has 27 heavy (non-hydrogen) atoms. The number of nitrogens with zero attached hydrogens (tertiary/aromatic N) is 1. The molecular formula is C22H24N2O3. The first-order chi connectivity index (χ1) is 13.0. The predicted molar refractivity (Wildman–Crippen MR) is 107 cm³/mol. The van der Waals surface area contributed by atoms with Crippen LogP contribution in [-0.2, 0) is 16.0 Å². The van der Waals surface area contributed by atoms with Gasteiger partial charge in [0, 0.05) is 12.6 Å². The maximum absolute atomic E-state index is 12.3. The van der Waals surface area contributed by atoms with Crippen LogP contribution in [0, 0.1) is 6.92 Å². The summed E-state index contributed by atoms with van der Waals surface area (Å²) in [7, 11) is 1.39. The average Bonchev–Trinajstić information content (AvgIpc) is 3.10. The lowest BCUT2D eigenvalue weighted by Crippen LogP contribution is -2.28. The van der Waals surface area contributed by atoms with Crippen molar-refractivity contribution in [2.75, 3.05) is 18.6 Å². The number of hydrogen-bond donors (Lipinski definition) is 1. The zero-order chi connectivity index (χ0) is 19.4. The van der Waals surface area contributed by atoms with Crippen LogP contribution >= 0.6 is 0 Å². The quantitative estimate of drug-likeness (QED) is 0.834. The number of hydrogen-bond acceptors (Lipinski definition) is 3. The van der Waals surface area contributed by atoms with Crippen LogP contribution in [-0.4, -0.2) is 25.7 Å². The number of anilines is 1. The van der Waals surface area contributed by atoms with E-state index >= 15 is 0 Å². The van der Waals surface area contributed by atoms with E-state index in [4.69, 9.17) is 4.74 Å². The first-order valence-electron chi connectivity index (χ1n) is 9.02. The third kappa shape index (κ3) is 4.19. The first-order valence-corrected chi connectivity index (χ1v) is 9.02. The van der Waals surface area contributed by atoms with Gasteiger partial charge < -0.3 is 10.1 Å². The molecule has 2 amide bonds. The highest BCUT2D eigenvalue weighted by Crippen LogP contribution is 2.31. The van der Waals surface area contributed by atoms with Crippen molar-refractivity contribution in [1.29, 1.82) is 0 Å². The molecule has 0 saturated heterocycles. The Kier molecular flexibility index (Phi) is 5.60. The van der Waals surface area contributed by atoms with Crippen LogP contribution in [0.15, 0.2) is 48.5 Å². The molecule has 5 heteroatoms. The highest BCUT2D eigenvalue weighted by Gasteiger charge is 2.25. The first kappa shape index (κ1) is 18.7. The van der Waals surface area contributed by atoms with E-state index < -0.39 is 0 Å². The number of benzene rings is 2. The van der Waals surface area contributed by atoms with Gasteiger partial charge in [-0.15, -0.1) is 0 Å². The smallest absolute Gasteiger partial charge is 0.414 e. The second kappa shape index (κ2) is 8.08. The maximum Gasteiger partial charge on any atom is 0.414 e. The topological polar surface area (TPSA) is 58.6 Å². The van der Waals surface area contributed by atoms with Crippen LogP contribution in [0.25, 0.3) is 6.08 Å². The van der Waals surface area contributed by atoms with E-state index in [0.717, 1.165) is 34.4 Å². The van der Waals surface area contributed by atoms with Crippen LogP contribution < -0.4 is 10.2 Å². The second-order valence-corrected chi connectivity index (χ2v) is 6.68. The molecule has 1 atom stereocenters. The number of nitrogens with one attached hydrogen (secondary N) is 1. The van der Waals surface area contributed by atoms with Gasteiger partial charge in [0.2, 0.25) is 5.91 Å². The number of rotatable bonds is 4. The van der Waals surface area contributed by atoms with Crippen molar-refractivity contribution in [3.63, 3.8) is 0 Å². The highest BCUT2D eigenvalue weighted by atomic mass is 16.5. The number of carbonyl (C=O) groups excluding carboxylic acids is 2. The Morgan fingerprint density at radius 1 is 1.22 bits per heavy atom. The van der Waals surface area contributed by atoms with E-state index in [-0.39, 0.29) is 18.0 Å². The molecule has 0 aliphatic carbocycles. The molecule has 1 N–H and O–H groups in total. The summed E-state index contributed by atoms with van der Waals surface area (Å²) >= 11 is 0. The minimum absolute atomic E-state index is 0.128. The van der Waals surface area contributed by atoms with E-state index in [9.17, 15) is 9.59 Å². The fourth-order valence-corrected chi connectivity index (χ4v) is 3.27. The highest BCUT2D eigenvalue weighted by molar-refractivity contribution is 5.92. The Morgan fingerprint density at radius 3 is 2.74 bits per heavy atom. The molecule has 1 aliphatic heterocycles. The van der Waals surface area contributed by atoms with E-state index in [2.05, 4.69) is 5.32 Å². The minimum Gasteiger partial charge on any atom is -0.452 e. The molecule has 2 aromatic rings. The summed E-state index contributed by atoms with van der Waals surface area (Å²) in [4.78, 5) is 25.7. The monoisotopic (exact) mass is 364 g/mol. The normalized spacial score (nSPS) is 14.1. The fourth-order valence-electron chi connectivity index (χ4n) is 3.27. The lowest BCUT2D eigenvalue weighted by molar-refractivity contribution is -0.117. The van der Waals surface area contributed by atoms with E-state index in [1.807, 2.05) is 62.4 Å². The predicted octanol–water partition coefficient (Wildman–Crippen LogP) is 4.01. The van der Waals surface area contributed by atoms with Gasteiger partial charge in [0.25, 0.3) is 0 Å². The molecule has 0 saturated carbocycles. The summed E-state index contributed by atoms with van der Waals surface area (Å²) in [5.41, 5.74) is 5.14. The van der Waals surface area contributed by atoms with Gasteiger partial charge in [-0.1, -0.05) is 36.4 Å². The summed E-state index contributed by atoms with van der Waals surface area (Å²) in [6, 6.07) is 13.7. The second-order valence-electron chi connectivity index (χ2n) is 6.68. The van der Waals surface area contributed by atoms with E-state index in [0.29, 0.717) is 6.54 Å². The van der Waals surface area contributed by atoms with Gasteiger partial charge in [0.05, 0.1) is 18.8 Å². The minimum atomic E-state index is -0.343. The van der Waals surface area contributed by atoms with Crippen LogP contribution in [0.3, 0.4) is 0 Å². The van der Waals surface area contributed by atoms with Crippen LogP contribution in [0.1, 0.15) is 35.2 Å². The largest absolute Gasteiger partial charge is 0.452 e. The van der Waals surface area contributed by atoms with Crippen LogP contribution in [0.4, 0.5) is 10.5 Å². The van der Waals surface area contributed by atoms with Crippen molar-refractivity contribution in [3.8, 4) is 0 Å². The lowest BCUT2D eigenvalue weighted by atomic mass is 10.0. The van der Waals surface area contributed by atoms with Gasteiger partial charge in [0.1, 0.15) is 0 Å². The Balaban J connectivity index is 1.66. The van der Waals surface area contributed by atoms with Gasteiger partial charge >= 0.3 is 6.09 Å². The third-order valence-corrected chi connectivity index (χ3v) is 4.86. The lowest BCUT2D eigenvalue weighted by Gasteiger charge is -2.17. The molecule has 1 unspecified atom stereocenters. The molecule has 0 bridgehead atoms. The molecule has 0 fully saturated rings. The van der Waals surface area contributed by atoms with Gasteiger partial charge in [-0.3, -0.25) is 9.69 Å². The maximum atomic E-state index is 12.3. The molecular weight excluding hydrogens is 340 g/mol. The molecule has 0 aromatic heterocycles. The van der Waals surface area contributed by atoms with Gasteiger partial charge in [-0.2, -0.15) is 0 Å². The van der Waals surface area contributed by atoms with E-state index in [1.165, 1.54) is 7.11 Å². The van der Waals surface area contributed by atoms with Crippen molar-refractivity contribution in [2.45, 2.75) is 26.3 Å². The standard InChI is InChI=1S/C22H24N2O3/c1-15-6-4-5-7-17(15)9-11-21(25)23-16(2)18-8-10-20-19(14-18)12-13-24(20)22(26)27-3/h4-11,14,16H,12-13H2,1-3H3,(H,23,25)/b11-9+. The Hall–Kier alpha value is -3.08. The van der Waals surface area contributed by atoms with Crippen molar-refractivity contribution in [2.24, 2.45) is 0 Å². The number of fused-ring (bicyclic) bond motifs is 1. The number of carbonyl (C=O) groups is 2. The molecule has 5 nitrogen and oxygen atoms in total. The summed E-state index contributed by atoms with van der Waals surface area (Å²) in [5.74, 6) is -0.137. The number of methoxy groups -OCH3 is 1. The number of aryl methyl sites for hydroxylation is 1. The molecule has 3 rings (SSSR count). The third-order valence-electron chi connectivity index (χ3n) is 4.86. The zero-order valence-electron chi connectivity index (χ0n) is 15.9. The SMILES string of the molecule is COC(=O)N1CCc2cc(C(C)NC(=O)/C=C/c3ccccc3C)ccc21. The summed E-state index contributed by atoms with van der Waals surface area (Å²) < 4.78 is 4.82. The summed E-state index contributed by atoms with van der Waals surface area (Å²) in [6.45, 7) is 4.59. The molecule has 2 aromatic carbocycles. The number of ether oxygens (including phenoxy) is 1. The van der Waals surface area contributed by atoms with Crippen LogP contribution in [0.5, 0.6) is 0 Å². The summed E-state index contributed by atoms with van der Waals surface area (Å²) in [5, 5.41) is 2.99. The van der Waals surface area contributed by atoms with Gasteiger partial charge in [-0.25, -0.2) is 4.79 Å². The van der Waals surface area contributed by atoms with Gasteiger partial charge in [0.15, 0.2) is 0 Å². The van der Waals surface area contributed by atoms with Gasteiger partial charge in [-0.05, 0) is 54.7 Å². The average molecular weight is 364 g/mol. The fraction of sp³-hybridized carbons (Fsp3) is 0.273. The molecule has 1 aliphatic rings. The number of amides is 2. The Bertz CT molecular complexity index is 889. The van der Waals surface area contributed by atoms with Crippen molar-refractivity contribution in [1.82, 2.24) is 5.32 Å². The Labute approximate surface area is 159 Å². The van der Waals surface area contributed by atoms with E-state index in [1.54, 1.807) is 11.0 Å². The molecule has 140 valence electrons. The summed E-state index contributed by atoms with van der Waals surface area (Å²) in [6.07, 6.45) is 3.83. The van der Waals surface area contributed by atoms with Crippen LogP contribution in [0.2, 0.25) is 0 Å².